The minimum Gasteiger partial charge on any atom is -0.402 e. The predicted molar refractivity (Wildman–Crippen MR) is 67.8 cm³/mol. The molecular weight excluding hydrogens is 194 g/mol. The lowest BCUT2D eigenvalue weighted by molar-refractivity contribution is 1.32. The lowest BCUT2D eigenvalue weighted by Gasteiger charge is -2.04. The smallest absolute Gasteiger partial charge is 0.0135 e. The lowest BCUT2D eigenvalue weighted by Crippen LogP contribution is -1.96. The molecule has 0 atom stereocenters. The van der Waals surface area contributed by atoms with Gasteiger partial charge in [-0.1, -0.05) is 48.5 Å². The Bertz CT molecular complexity index is 542. The van der Waals surface area contributed by atoms with Crippen LogP contribution in [0.25, 0.3) is 16.7 Å². The fourth-order valence-electron chi connectivity index (χ4n) is 2.44. The van der Waals surface area contributed by atoms with Crippen LogP contribution in [-0.2, 0) is 0 Å². The van der Waals surface area contributed by atoms with Gasteiger partial charge in [-0.3, -0.25) is 0 Å². The molecule has 0 fully saturated rings. The Hall–Kier alpha value is -2.02. The second-order valence-electron chi connectivity index (χ2n) is 4.15. The zero-order valence-electron chi connectivity index (χ0n) is 9.20. The van der Waals surface area contributed by atoms with Crippen molar-refractivity contribution in [1.82, 2.24) is 0 Å². The van der Waals surface area contributed by atoms with Crippen LogP contribution in [-0.4, -0.2) is 0 Å². The van der Waals surface area contributed by atoms with Gasteiger partial charge in [0.2, 0.25) is 0 Å². The first-order valence-corrected chi connectivity index (χ1v) is 5.44. The first kappa shape index (κ1) is 9.22. The van der Waals surface area contributed by atoms with Crippen LogP contribution >= 0.6 is 0 Å². The normalized spacial score (nSPS) is 12.2. The van der Waals surface area contributed by atoms with E-state index in [1.54, 1.807) is 0 Å². The van der Waals surface area contributed by atoms with E-state index in [-0.39, 0.29) is 0 Å². The van der Waals surface area contributed by atoms with Crippen LogP contribution in [0.3, 0.4) is 0 Å². The largest absolute Gasteiger partial charge is 0.402 e. The van der Waals surface area contributed by atoms with Crippen LogP contribution in [0.15, 0.2) is 54.2 Å². The summed E-state index contributed by atoms with van der Waals surface area (Å²) in [6, 6.07) is 16.9. The van der Waals surface area contributed by atoms with E-state index in [2.05, 4.69) is 48.5 Å². The van der Waals surface area contributed by atoms with E-state index >= 15 is 0 Å². The van der Waals surface area contributed by atoms with Crippen LogP contribution in [0.2, 0.25) is 0 Å². The third-order valence-corrected chi connectivity index (χ3v) is 3.08. The van der Waals surface area contributed by atoms with Crippen molar-refractivity contribution in [2.45, 2.75) is 6.92 Å². The van der Waals surface area contributed by atoms with E-state index in [1.165, 1.54) is 27.8 Å². The molecule has 16 heavy (non-hydrogen) atoms. The van der Waals surface area contributed by atoms with Gasteiger partial charge in [0, 0.05) is 11.3 Å². The molecule has 0 saturated carbocycles. The standard InChI is InChI=1S/C15H13N/c1-10(16)15-13-8-4-2-6-11(13)12-7-3-5-9-14(12)15/h2-9H,16H2,1H3. The Morgan fingerprint density at radius 3 is 1.50 bits per heavy atom. The van der Waals surface area contributed by atoms with Gasteiger partial charge in [0.1, 0.15) is 0 Å². The maximum absolute atomic E-state index is 6.01. The van der Waals surface area contributed by atoms with Gasteiger partial charge in [-0.05, 0) is 29.2 Å². The molecule has 1 aliphatic carbocycles. The minimum absolute atomic E-state index is 0.886. The Balaban J connectivity index is 2.44. The summed E-state index contributed by atoms with van der Waals surface area (Å²) in [7, 11) is 0. The number of nitrogens with two attached hydrogens (primary N) is 1. The summed E-state index contributed by atoms with van der Waals surface area (Å²) < 4.78 is 0. The second-order valence-corrected chi connectivity index (χ2v) is 4.15. The number of allylic oxidation sites excluding steroid dienone is 1. The van der Waals surface area contributed by atoms with E-state index in [0.717, 1.165) is 5.70 Å². The molecule has 1 aliphatic rings. The van der Waals surface area contributed by atoms with Crippen molar-refractivity contribution < 1.29 is 0 Å². The molecule has 0 spiro atoms. The monoisotopic (exact) mass is 207 g/mol. The van der Waals surface area contributed by atoms with E-state index < -0.39 is 0 Å². The molecule has 1 nitrogen and oxygen atoms in total. The topological polar surface area (TPSA) is 26.0 Å². The molecule has 0 aliphatic heterocycles. The fraction of sp³-hybridized carbons (Fsp3) is 0.0667. The first-order valence-electron chi connectivity index (χ1n) is 5.44. The Morgan fingerprint density at radius 2 is 1.12 bits per heavy atom. The lowest BCUT2D eigenvalue weighted by atomic mass is 10.0. The van der Waals surface area contributed by atoms with Gasteiger partial charge in [-0.15, -0.1) is 0 Å². The van der Waals surface area contributed by atoms with Gasteiger partial charge in [-0.25, -0.2) is 0 Å². The van der Waals surface area contributed by atoms with Crippen LogP contribution in [0, 0.1) is 0 Å². The molecule has 3 rings (SSSR count). The second kappa shape index (κ2) is 3.24. The maximum atomic E-state index is 6.01. The molecule has 78 valence electrons. The molecule has 0 bridgehead atoms. The summed E-state index contributed by atoms with van der Waals surface area (Å²) in [6.07, 6.45) is 0. The van der Waals surface area contributed by atoms with Crippen LogP contribution in [0.5, 0.6) is 0 Å². The van der Waals surface area contributed by atoms with Crippen molar-refractivity contribution in [3.8, 4) is 11.1 Å². The molecule has 2 aromatic rings. The summed E-state index contributed by atoms with van der Waals surface area (Å²) in [4.78, 5) is 0. The maximum Gasteiger partial charge on any atom is 0.0135 e. The van der Waals surface area contributed by atoms with Crippen LogP contribution in [0.1, 0.15) is 18.1 Å². The summed E-state index contributed by atoms with van der Waals surface area (Å²) in [5, 5.41) is 0. The summed E-state index contributed by atoms with van der Waals surface area (Å²) in [5.74, 6) is 0. The summed E-state index contributed by atoms with van der Waals surface area (Å²) in [6.45, 7) is 1.97. The highest BCUT2D eigenvalue weighted by Crippen LogP contribution is 2.44. The van der Waals surface area contributed by atoms with E-state index in [4.69, 9.17) is 5.73 Å². The zero-order chi connectivity index (χ0) is 11.1. The molecular formula is C15H13N. The Morgan fingerprint density at radius 1 is 0.750 bits per heavy atom. The number of hydrogen-bond acceptors (Lipinski definition) is 1. The zero-order valence-corrected chi connectivity index (χ0v) is 9.20. The highest BCUT2D eigenvalue weighted by molar-refractivity contribution is 6.01. The van der Waals surface area contributed by atoms with Gasteiger partial charge < -0.3 is 5.73 Å². The van der Waals surface area contributed by atoms with Crippen molar-refractivity contribution in [1.29, 1.82) is 0 Å². The molecule has 0 heterocycles. The third-order valence-electron chi connectivity index (χ3n) is 3.08. The van der Waals surface area contributed by atoms with E-state index in [0.29, 0.717) is 0 Å². The van der Waals surface area contributed by atoms with Gasteiger partial charge in [0.05, 0.1) is 0 Å². The van der Waals surface area contributed by atoms with Crippen molar-refractivity contribution in [2.75, 3.05) is 0 Å². The fourth-order valence-corrected chi connectivity index (χ4v) is 2.44. The molecule has 0 radical (unpaired) electrons. The molecule has 2 aromatic carbocycles. The van der Waals surface area contributed by atoms with Gasteiger partial charge in [0.25, 0.3) is 0 Å². The third kappa shape index (κ3) is 1.12. The van der Waals surface area contributed by atoms with Crippen molar-refractivity contribution >= 4 is 5.57 Å². The number of rotatable bonds is 0. The number of fused-ring (bicyclic) bond motifs is 3. The molecule has 0 saturated heterocycles. The Kier molecular flexibility index (Phi) is 1.87. The number of benzene rings is 2. The predicted octanol–water partition coefficient (Wildman–Crippen LogP) is 3.41. The average Bonchev–Trinajstić information content (AvgIpc) is 2.63. The average molecular weight is 207 g/mol. The van der Waals surface area contributed by atoms with Crippen LogP contribution < -0.4 is 5.73 Å². The van der Waals surface area contributed by atoms with Gasteiger partial charge in [-0.2, -0.15) is 0 Å². The van der Waals surface area contributed by atoms with Gasteiger partial charge in [0.15, 0.2) is 0 Å². The molecule has 0 unspecified atom stereocenters. The summed E-state index contributed by atoms with van der Waals surface area (Å²) >= 11 is 0. The van der Waals surface area contributed by atoms with Gasteiger partial charge >= 0.3 is 0 Å². The molecule has 0 amide bonds. The molecule has 1 heteroatoms. The van der Waals surface area contributed by atoms with Crippen molar-refractivity contribution in [3.05, 3.63) is 65.4 Å². The Labute approximate surface area is 95.2 Å². The van der Waals surface area contributed by atoms with Crippen molar-refractivity contribution in [2.24, 2.45) is 5.73 Å². The SMILES string of the molecule is CC(N)=C1c2ccccc2-c2ccccc21. The summed E-state index contributed by atoms with van der Waals surface area (Å²) in [5.41, 5.74) is 13.2. The highest BCUT2D eigenvalue weighted by Gasteiger charge is 2.23. The van der Waals surface area contributed by atoms with Crippen LogP contribution in [0.4, 0.5) is 0 Å². The van der Waals surface area contributed by atoms with Crippen molar-refractivity contribution in [3.63, 3.8) is 0 Å². The molecule has 2 N–H and O–H groups in total. The number of hydrogen-bond donors (Lipinski definition) is 1. The molecule has 0 aromatic heterocycles. The quantitative estimate of drug-likeness (QED) is 0.600. The van der Waals surface area contributed by atoms with E-state index in [1.807, 2.05) is 6.92 Å². The minimum atomic E-state index is 0.886. The highest BCUT2D eigenvalue weighted by atomic mass is 14.6. The first-order chi connectivity index (χ1) is 7.79. The van der Waals surface area contributed by atoms with E-state index in [9.17, 15) is 0 Å².